The maximum absolute atomic E-state index is 11.3. The molecule has 2 rings (SSSR count). The lowest BCUT2D eigenvalue weighted by Crippen LogP contribution is -2.13. The quantitative estimate of drug-likeness (QED) is 0.664. The van der Waals surface area contributed by atoms with Crippen LogP contribution in [0.2, 0.25) is 0 Å². The first-order chi connectivity index (χ1) is 8.08. The van der Waals surface area contributed by atoms with Gasteiger partial charge >= 0.3 is 5.97 Å². The van der Waals surface area contributed by atoms with E-state index in [4.69, 9.17) is 12.2 Å². The minimum atomic E-state index is -0.330. The fourth-order valence-electron chi connectivity index (χ4n) is 1.82. The molecule has 7 heteroatoms. The molecule has 0 amide bonds. The van der Waals surface area contributed by atoms with E-state index in [1.165, 1.54) is 7.11 Å². The number of aromatic amines is 1. The smallest absolute Gasteiger partial charge is 0.325 e. The highest BCUT2D eigenvalue weighted by Gasteiger charge is 2.15. The highest BCUT2D eigenvalue weighted by Crippen LogP contribution is 2.17. The first kappa shape index (κ1) is 11.8. The van der Waals surface area contributed by atoms with Crippen molar-refractivity contribution < 1.29 is 9.53 Å². The lowest BCUT2D eigenvalue weighted by atomic mass is 10.4. The van der Waals surface area contributed by atoms with Gasteiger partial charge < -0.3 is 9.72 Å². The van der Waals surface area contributed by atoms with E-state index >= 15 is 0 Å². The number of ether oxygens (including phenoxy) is 1. The van der Waals surface area contributed by atoms with Gasteiger partial charge in [0.25, 0.3) is 0 Å². The molecule has 0 unspecified atom stereocenters. The second-order valence-electron chi connectivity index (χ2n) is 3.69. The monoisotopic (exact) mass is 254 g/mol. The van der Waals surface area contributed by atoms with Crippen LogP contribution in [0.4, 0.5) is 0 Å². The summed E-state index contributed by atoms with van der Waals surface area (Å²) in [6, 6.07) is 0. The molecule has 2 aromatic rings. The molecule has 0 bridgehead atoms. The summed E-state index contributed by atoms with van der Waals surface area (Å²) in [6.45, 7) is 4.71. The molecule has 17 heavy (non-hydrogen) atoms. The van der Waals surface area contributed by atoms with E-state index in [-0.39, 0.29) is 12.5 Å². The Morgan fingerprint density at radius 1 is 1.59 bits per heavy atom. The predicted octanol–water partition coefficient (Wildman–Crippen LogP) is 1.40. The van der Waals surface area contributed by atoms with Gasteiger partial charge in [-0.05, 0) is 26.1 Å². The van der Waals surface area contributed by atoms with Crippen molar-refractivity contribution in [2.75, 3.05) is 7.11 Å². The van der Waals surface area contributed by atoms with Crippen LogP contribution in [0.25, 0.3) is 11.2 Å². The van der Waals surface area contributed by atoms with Crippen LogP contribution in [0, 0.1) is 11.7 Å². The molecule has 0 aliphatic rings. The molecule has 0 aliphatic carbocycles. The second kappa shape index (κ2) is 4.33. The number of methoxy groups -OCH3 is 1. The minimum Gasteiger partial charge on any atom is -0.468 e. The van der Waals surface area contributed by atoms with E-state index in [2.05, 4.69) is 14.8 Å². The van der Waals surface area contributed by atoms with Gasteiger partial charge in [0, 0.05) is 6.54 Å². The average molecular weight is 254 g/mol. The predicted molar refractivity (Wildman–Crippen MR) is 65.3 cm³/mol. The molecule has 0 radical (unpaired) electrons. The summed E-state index contributed by atoms with van der Waals surface area (Å²) in [6.07, 6.45) is 0. The van der Waals surface area contributed by atoms with E-state index in [0.29, 0.717) is 4.77 Å². The van der Waals surface area contributed by atoms with Crippen molar-refractivity contribution in [3.05, 3.63) is 10.5 Å². The fourth-order valence-corrected chi connectivity index (χ4v) is 2.07. The van der Waals surface area contributed by atoms with Crippen molar-refractivity contribution in [1.29, 1.82) is 0 Å². The van der Waals surface area contributed by atoms with Gasteiger partial charge in [-0.15, -0.1) is 0 Å². The van der Waals surface area contributed by atoms with E-state index in [1.54, 1.807) is 4.57 Å². The van der Waals surface area contributed by atoms with Gasteiger partial charge in [0.1, 0.15) is 12.1 Å². The normalized spacial score (nSPS) is 11.0. The molecule has 92 valence electrons. The van der Waals surface area contributed by atoms with E-state index in [1.807, 2.05) is 18.5 Å². The van der Waals surface area contributed by atoms with Gasteiger partial charge in [0.15, 0.2) is 10.4 Å². The van der Waals surface area contributed by atoms with Crippen LogP contribution in [0.3, 0.4) is 0 Å². The number of aromatic nitrogens is 4. The zero-order valence-electron chi connectivity index (χ0n) is 9.98. The number of hydrogen-bond donors (Lipinski definition) is 1. The number of esters is 1. The van der Waals surface area contributed by atoms with Crippen molar-refractivity contribution in [2.45, 2.75) is 26.9 Å². The number of nitrogens with one attached hydrogen (secondary N) is 1. The van der Waals surface area contributed by atoms with Crippen molar-refractivity contribution in [1.82, 2.24) is 19.3 Å². The first-order valence-corrected chi connectivity index (χ1v) is 5.72. The van der Waals surface area contributed by atoms with Gasteiger partial charge in [0.2, 0.25) is 0 Å². The Hall–Kier alpha value is -1.63. The van der Waals surface area contributed by atoms with Gasteiger partial charge in [-0.25, -0.2) is 4.68 Å². The summed E-state index contributed by atoms with van der Waals surface area (Å²) in [7, 11) is 1.36. The number of fused-ring (bicyclic) bond motifs is 1. The number of rotatable bonds is 3. The topological polar surface area (TPSA) is 64.8 Å². The largest absolute Gasteiger partial charge is 0.468 e. The summed E-state index contributed by atoms with van der Waals surface area (Å²) < 4.78 is 8.69. The third kappa shape index (κ3) is 1.86. The van der Waals surface area contributed by atoms with Crippen LogP contribution in [-0.2, 0) is 22.6 Å². The SMILES string of the molecule is CCn1nc(C)c2[nH]c(=S)n(CC(=O)OC)c21. The average Bonchev–Trinajstić information content (AvgIpc) is 2.78. The van der Waals surface area contributed by atoms with Gasteiger partial charge in [-0.2, -0.15) is 5.10 Å². The van der Waals surface area contributed by atoms with Crippen LogP contribution < -0.4 is 0 Å². The summed E-state index contributed by atoms with van der Waals surface area (Å²) in [4.78, 5) is 14.4. The Kier molecular flexibility index (Phi) is 3.01. The number of hydrogen-bond acceptors (Lipinski definition) is 4. The maximum Gasteiger partial charge on any atom is 0.325 e. The number of nitrogens with zero attached hydrogens (tertiary/aromatic N) is 3. The molecule has 0 saturated heterocycles. The van der Waals surface area contributed by atoms with Crippen molar-refractivity contribution in [3.8, 4) is 0 Å². The molecule has 0 atom stereocenters. The minimum absolute atomic E-state index is 0.0977. The van der Waals surface area contributed by atoms with Crippen LogP contribution in [0.1, 0.15) is 12.6 Å². The van der Waals surface area contributed by atoms with Crippen molar-refractivity contribution in [3.63, 3.8) is 0 Å². The number of H-pyrrole nitrogens is 1. The van der Waals surface area contributed by atoms with Gasteiger partial charge in [0.05, 0.1) is 12.8 Å². The number of carbonyl (C=O) groups is 1. The Morgan fingerprint density at radius 3 is 2.88 bits per heavy atom. The second-order valence-corrected chi connectivity index (χ2v) is 4.08. The molecule has 6 nitrogen and oxygen atoms in total. The number of imidazole rings is 1. The Balaban J connectivity index is 2.64. The van der Waals surface area contributed by atoms with Gasteiger partial charge in [-0.3, -0.25) is 9.36 Å². The third-order valence-electron chi connectivity index (χ3n) is 2.65. The Bertz CT molecular complexity index is 622. The molecule has 2 aromatic heterocycles. The summed E-state index contributed by atoms with van der Waals surface area (Å²) in [5, 5.41) is 4.37. The summed E-state index contributed by atoms with van der Waals surface area (Å²) >= 11 is 5.20. The van der Waals surface area contributed by atoms with Crippen molar-refractivity contribution >= 4 is 29.4 Å². The summed E-state index contributed by atoms with van der Waals surface area (Å²) in [5.74, 6) is -0.330. The number of aryl methyl sites for hydroxylation is 2. The summed E-state index contributed by atoms with van der Waals surface area (Å²) in [5.41, 5.74) is 2.58. The molecule has 0 aromatic carbocycles. The van der Waals surface area contributed by atoms with Crippen LogP contribution in [0.5, 0.6) is 0 Å². The molecule has 0 aliphatic heterocycles. The van der Waals surface area contributed by atoms with Crippen molar-refractivity contribution in [2.24, 2.45) is 0 Å². The Labute approximate surface area is 103 Å². The van der Waals surface area contributed by atoms with E-state index in [9.17, 15) is 4.79 Å². The highest BCUT2D eigenvalue weighted by atomic mass is 32.1. The zero-order chi connectivity index (χ0) is 12.6. The van der Waals surface area contributed by atoms with E-state index in [0.717, 1.165) is 23.4 Å². The highest BCUT2D eigenvalue weighted by molar-refractivity contribution is 7.71. The molecule has 0 fully saturated rings. The molecule has 2 heterocycles. The van der Waals surface area contributed by atoms with Crippen LogP contribution in [-0.4, -0.2) is 32.4 Å². The fraction of sp³-hybridized carbons (Fsp3) is 0.500. The standard InChI is InChI=1S/C10H14N4O2S/c1-4-14-9-8(6(2)12-14)11-10(17)13(9)5-7(15)16-3/h4-5H2,1-3H3,(H,11,17). The molecule has 0 saturated carbocycles. The zero-order valence-corrected chi connectivity index (χ0v) is 10.8. The first-order valence-electron chi connectivity index (χ1n) is 5.31. The molecular weight excluding hydrogens is 240 g/mol. The van der Waals surface area contributed by atoms with Gasteiger partial charge in [-0.1, -0.05) is 0 Å². The molecular formula is C10H14N4O2S. The molecule has 1 N–H and O–H groups in total. The lowest BCUT2D eigenvalue weighted by molar-refractivity contribution is -0.141. The Morgan fingerprint density at radius 2 is 2.29 bits per heavy atom. The third-order valence-corrected chi connectivity index (χ3v) is 2.97. The van der Waals surface area contributed by atoms with Crippen LogP contribution >= 0.6 is 12.2 Å². The maximum atomic E-state index is 11.3. The lowest BCUT2D eigenvalue weighted by Gasteiger charge is -2.04. The molecule has 0 spiro atoms. The van der Waals surface area contributed by atoms with Crippen LogP contribution in [0.15, 0.2) is 0 Å². The van der Waals surface area contributed by atoms with E-state index < -0.39 is 0 Å². The number of carbonyl (C=O) groups excluding carboxylic acids is 1.